The maximum absolute atomic E-state index is 13.0. The molecule has 2 aromatic rings. The van der Waals surface area contributed by atoms with Crippen molar-refractivity contribution in [1.82, 2.24) is 4.90 Å². The highest BCUT2D eigenvalue weighted by atomic mass is 35.5. The van der Waals surface area contributed by atoms with Crippen LogP contribution in [-0.4, -0.2) is 70.3 Å². The van der Waals surface area contributed by atoms with E-state index in [9.17, 15) is 18.0 Å². The van der Waals surface area contributed by atoms with E-state index >= 15 is 0 Å². The Morgan fingerprint density at radius 1 is 1.08 bits per heavy atom. The zero-order valence-electron chi connectivity index (χ0n) is 22.2. The highest BCUT2D eigenvalue weighted by Crippen LogP contribution is 2.34. The number of methoxy groups -OCH3 is 1. The first-order valence-corrected chi connectivity index (χ1v) is 15.2. The molecule has 2 heterocycles. The van der Waals surface area contributed by atoms with Gasteiger partial charge in [-0.1, -0.05) is 17.7 Å². The molecule has 0 spiro atoms. The number of hydrogen-bond donors (Lipinski definition) is 1. The van der Waals surface area contributed by atoms with E-state index in [2.05, 4.69) is 17.1 Å². The van der Waals surface area contributed by atoms with Crippen molar-refractivity contribution < 1.29 is 22.7 Å². The quantitative estimate of drug-likeness (QED) is 0.529. The summed E-state index contributed by atoms with van der Waals surface area (Å²) in [6.07, 6.45) is 5.05. The third kappa shape index (κ3) is 6.87. The van der Waals surface area contributed by atoms with Crippen LogP contribution in [0.25, 0.3) is 0 Å². The predicted octanol–water partition coefficient (Wildman–Crippen LogP) is 4.63. The molecule has 0 aromatic heterocycles. The molecule has 0 aliphatic carbocycles. The van der Waals surface area contributed by atoms with Crippen molar-refractivity contribution in [3.63, 3.8) is 0 Å². The van der Waals surface area contributed by atoms with Gasteiger partial charge < -0.3 is 19.9 Å². The molecule has 2 fully saturated rings. The van der Waals surface area contributed by atoms with Crippen LogP contribution in [0.2, 0.25) is 5.02 Å². The molecule has 0 bridgehead atoms. The molecule has 38 heavy (non-hydrogen) atoms. The second kappa shape index (κ2) is 11.6. The Morgan fingerprint density at radius 2 is 1.76 bits per heavy atom. The van der Waals surface area contributed by atoms with Crippen LogP contribution in [0.5, 0.6) is 0 Å². The van der Waals surface area contributed by atoms with Crippen molar-refractivity contribution in [2.45, 2.75) is 49.5 Å². The van der Waals surface area contributed by atoms with Gasteiger partial charge in [-0.2, -0.15) is 0 Å². The monoisotopic (exact) mass is 561 g/mol. The van der Waals surface area contributed by atoms with Crippen LogP contribution in [0.4, 0.5) is 11.4 Å². The van der Waals surface area contributed by atoms with Gasteiger partial charge in [0.05, 0.1) is 21.9 Å². The van der Waals surface area contributed by atoms with Gasteiger partial charge in [0.25, 0.3) is 5.91 Å². The fraction of sp³-hybridized carbons (Fsp3) is 0.500. The fourth-order valence-electron chi connectivity index (χ4n) is 5.13. The molecule has 2 saturated heterocycles. The van der Waals surface area contributed by atoms with Crippen molar-refractivity contribution in [3.05, 3.63) is 53.1 Å². The molecule has 206 valence electrons. The van der Waals surface area contributed by atoms with Crippen molar-refractivity contribution >= 4 is 44.6 Å². The number of piperidine rings is 2. The third-order valence-electron chi connectivity index (χ3n) is 7.82. The number of likely N-dealkylation sites (tertiary alicyclic amines) is 1. The van der Waals surface area contributed by atoms with Gasteiger partial charge in [-0.15, -0.1) is 0 Å². The molecular formula is C28H36ClN3O5S. The number of amides is 2. The standard InChI is InChI=1S/C28H36ClN3O5S/c1-28(37-2)11-15-32(16-12-28)26(33)17-20-9-13-31(14-10-20)25-8-7-23(38(3,35)36)19-24(25)30-27(34)21-5-4-6-22(29)18-21/h4-8,18-20H,9-17H2,1-3H3,(H,30,34). The van der Waals surface area contributed by atoms with Crippen LogP contribution in [0.15, 0.2) is 47.4 Å². The van der Waals surface area contributed by atoms with Crippen LogP contribution in [0, 0.1) is 5.92 Å². The molecule has 8 nitrogen and oxygen atoms in total. The van der Waals surface area contributed by atoms with E-state index in [-0.39, 0.29) is 28.2 Å². The minimum Gasteiger partial charge on any atom is -0.378 e. The number of benzene rings is 2. The second-order valence-electron chi connectivity index (χ2n) is 10.6. The first-order chi connectivity index (χ1) is 18.0. The molecule has 4 rings (SSSR count). The van der Waals surface area contributed by atoms with Gasteiger partial charge in [-0.3, -0.25) is 9.59 Å². The zero-order valence-corrected chi connectivity index (χ0v) is 23.8. The van der Waals surface area contributed by atoms with Gasteiger partial charge in [-0.05, 0) is 74.9 Å². The Kier molecular flexibility index (Phi) is 8.69. The largest absolute Gasteiger partial charge is 0.378 e. The molecule has 0 atom stereocenters. The Balaban J connectivity index is 1.42. The smallest absolute Gasteiger partial charge is 0.255 e. The molecular weight excluding hydrogens is 526 g/mol. The molecule has 2 aromatic carbocycles. The Morgan fingerprint density at radius 3 is 2.37 bits per heavy atom. The highest BCUT2D eigenvalue weighted by molar-refractivity contribution is 7.90. The van der Waals surface area contributed by atoms with E-state index in [1.807, 2.05) is 4.90 Å². The Labute approximate surface area is 230 Å². The Hall–Kier alpha value is -2.62. The fourth-order valence-corrected chi connectivity index (χ4v) is 5.97. The molecule has 2 amide bonds. The molecule has 0 unspecified atom stereocenters. The number of carbonyl (C=O) groups excluding carboxylic acids is 2. The summed E-state index contributed by atoms with van der Waals surface area (Å²) < 4.78 is 30.0. The first-order valence-electron chi connectivity index (χ1n) is 13.0. The van der Waals surface area contributed by atoms with Crippen LogP contribution in [0.1, 0.15) is 49.4 Å². The molecule has 1 N–H and O–H groups in total. The lowest BCUT2D eigenvalue weighted by molar-refractivity contribution is -0.137. The summed E-state index contributed by atoms with van der Waals surface area (Å²) in [5.41, 5.74) is 1.43. The highest BCUT2D eigenvalue weighted by Gasteiger charge is 2.33. The summed E-state index contributed by atoms with van der Waals surface area (Å²) >= 11 is 6.05. The molecule has 10 heteroatoms. The van der Waals surface area contributed by atoms with Gasteiger partial charge in [-0.25, -0.2) is 8.42 Å². The van der Waals surface area contributed by atoms with E-state index in [1.165, 1.54) is 6.07 Å². The third-order valence-corrected chi connectivity index (χ3v) is 9.16. The lowest BCUT2D eigenvalue weighted by Gasteiger charge is -2.39. The topological polar surface area (TPSA) is 96.0 Å². The first kappa shape index (κ1) is 28.4. The van der Waals surface area contributed by atoms with Crippen LogP contribution in [-0.2, 0) is 19.4 Å². The number of anilines is 2. The lowest BCUT2D eigenvalue weighted by Crippen LogP contribution is -2.46. The molecule has 0 radical (unpaired) electrons. The average Bonchev–Trinajstić information content (AvgIpc) is 2.89. The van der Waals surface area contributed by atoms with E-state index < -0.39 is 9.84 Å². The van der Waals surface area contributed by atoms with Crippen LogP contribution >= 0.6 is 11.6 Å². The predicted molar refractivity (Wildman–Crippen MR) is 150 cm³/mol. The van der Waals surface area contributed by atoms with E-state index in [0.29, 0.717) is 35.8 Å². The summed E-state index contributed by atoms with van der Waals surface area (Å²) in [6.45, 7) is 4.96. The minimum absolute atomic E-state index is 0.134. The lowest BCUT2D eigenvalue weighted by atomic mass is 9.90. The number of nitrogens with zero attached hydrogens (tertiary/aromatic N) is 2. The van der Waals surface area contributed by atoms with Crippen LogP contribution < -0.4 is 10.2 Å². The van der Waals surface area contributed by atoms with Gasteiger partial charge in [0.2, 0.25) is 5.91 Å². The van der Waals surface area contributed by atoms with Crippen molar-refractivity contribution in [1.29, 1.82) is 0 Å². The maximum Gasteiger partial charge on any atom is 0.255 e. The number of sulfone groups is 1. The van der Waals surface area contributed by atoms with Crippen molar-refractivity contribution in [2.24, 2.45) is 5.92 Å². The summed E-state index contributed by atoms with van der Waals surface area (Å²) in [5, 5.41) is 3.33. The summed E-state index contributed by atoms with van der Waals surface area (Å²) in [4.78, 5) is 30.1. The average molecular weight is 562 g/mol. The van der Waals surface area contributed by atoms with Gasteiger partial charge in [0.15, 0.2) is 9.84 Å². The summed E-state index contributed by atoms with van der Waals surface area (Å²) in [5.74, 6) is 0.119. The molecule has 0 saturated carbocycles. The van der Waals surface area contributed by atoms with Crippen molar-refractivity contribution in [2.75, 3.05) is 49.8 Å². The van der Waals surface area contributed by atoms with Gasteiger partial charge >= 0.3 is 0 Å². The normalized spacial score (nSPS) is 18.3. The van der Waals surface area contributed by atoms with Gasteiger partial charge in [0, 0.05) is 56.6 Å². The number of hydrogen-bond acceptors (Lipinski definition) is 6. The summed E-state index contributed by atoms with van der Waals surface area (Å²) in [6, 6.07) is 11.4. The molecule has 2 aliphatic rings. The second-order valence-corrected chi connectivity index (χ2v) is 13.0. The Bertz CT molecular complexity index is 1280. The van der Waals surface area contributed by atoms with Crippen molar-refractivity contribution in [3.8, 4) is 0 Å². The number of nitrogens with one attached hydrogen (secondary N) is 1. The van der Waals surface area contributed by atoms with E-state index in [0.717, 1.165) is 50.7 Å². The van der Waals surface area contributed by atoms with E-state index in [1.54, 1.807) is 43.5 Å². The van der Waals surface area contributed by atoms with E-state index in [4.69, 9.17) is 16.3 Å². The number of ether oxygens (including phenoxy) is 1. The number of carbonyl (C=O) groups is 2. The molecule has 2 aliphatic heterocycles. The van der Waals surface area contributed by atoms with Crippen LogP contribution in [0.3, 0.4) is 0 Å². The summed E-state index contributed by atoms with van der Waals surface area (Å²) in [7, 11) is -1.73. The minimum atomic E-state index is -3.46. The maximum atomic E-state index is 13.0. The van der Waals surface area contributed by atoms with Gasteiger partial charge in [0.1, 0.15) is 0 Å². The number of halogens is 1. The number of rotatable bonds is 7. The zero-order chi connectivity index (χ0) is 27.5. The SMILES string of the molecule is COC1(C)CCN(C(=O)CC2CCN(c3ccc(S(C)(=O)=O)cc3NC(=O)c3cccc(Cl)c3)CC2)CC1.